The van der Waals surface area contributed by atoms with Gasteiger partial charge >= 0.3 is 5.97 Å². The van der Waals surface area contributed by atoms with Crippen molar-refractivity contribution < 1.29 is 19.4 Å². The van der Waals surface area contributed by atoms with E-state index in [0.717, 1.165) is 22.0 Å². The number of para-hydroxylation sites is 2. The molecule has 1 atom stereocenters. The second-order valence-corrected chi connectivity index (χ2v) is 5.52. The average molecular weight is 325 g/mol. The smallest absolute Gasteiger partial charge is 0.304 e. The van der Waals surface area contributed by atoms with Crippen LogP contribution in [-0.4, -0.2) is 30.3 Å². The van der Waals surface area contributed by atoms with Crippen molar-refractivity contribution in [1.82, 2.24) is 4.98 Å². The predicted molar refractivity (Wildman–Crippen MR) is 91.9 cm³/mol. The number of fused-ring (bicyclic) bond motifs is 1. The lowest BCUT2D eigenvalue weighted by Crippen LogP contribution is -2.09. The number of H-pyrrole nitrogens is 1. The molecule has 0 aliphatic heterocycles. The van der Waals surface area contributed by atoms with Gasteiger partial charge in [-0.2, -0.15) is 0 Å². The van der Waals surface area contributed by atoms with E-state index >= 15 is 0 Å². The van der Waals surface area contributed by atoms with E-state index < -0.39 is 5.97 Å². The van der Waals surface area contributed by atoms with Gasteiger partial charge in [-0.15, -0.1) is 0 Å². The molecular formula is C19H19NO4. The Morgan fingerprint density at radius 3 is 2.58 bits per heavy atom. The molecule has 0 unspecified atom stereocenters. The van der Waals surface area contributed by atoms with E-state index in [0.29, 0.717) is 11.5 Å². The largest absolute Gasteiger partial charge is 0.493 e. The molecule has 0 saturated heterocycles. The van der Waals surface area contributed by atoms with Crippen LogP contribution in [-0.2, 0) is 4.79 Å². The average Bonchev–Trinajstić information content (AvgIpc) is 3.02. The number of carboxylic acids is 1. The first-order valence-corrected chi connectivity index (χ1v) is 7.64. The Labute approximate surface area is 139 Å². The number of rotatable bonds is 6. The molecule has 3 aromatic rings. The summed E-state index contributed by atoms with van der Waals surface area (Å²) < 4.78 is 10.9. The Hall–Kier alpha value is -2.95. The van der Waals surface area contributed by atoms with Crippen LogP contribution in [0.5, 0.6) is 11.5 Å². The lowest BCUT2D eigenvalue weighted by Gasteiger charge is -2.20. The van der Waals surface area contributed by atoms with Gasteiger partial charge in [-0.3, -0.25) is 4.79 Å². The van der Waals surface area contributed by atoms with Gasteiger partial charge in [-0.25, -0.2) is 0 Å². The van der Waals surface area contributed by atoms with Crippen molar-refractivity contribution in [3.63, 3.8) is 0 Å². The highest BCUT2D eigenvalue weighted by Gasteiger charge is 2.25. The number of aromatic amines is 1. The van der Waals surface area contributed by atoms with E-state index in [4.69, 9.17) is 9.47 Å². The quantitative estimate of drug-likeness (QED) is 0.723. The molecule has 24 heavy (non-hydrogen) atoms. The molecule has 2 N–H and O–H groups in total. The van der Waals surface area contributed by atoms with E-state index in [9.17, 15) is 9.90 Å². The van der Waals surface area contributed by atoms with Gasteiger partial charge in [0.2, 0.25) is 0 Å². The third-order valence-electron chi connectivity index (χ3n) is 4.18. The van der Waals surface area contributed by atoms with E-state index in [1.807, 2.05) is 42.6 Å². The van der Waals surface area contributed by atoms with Crippen LogP contribution in [0.2, 0.25) is 0 Å². The number of hydrogen-bond acceptors (Lipinski definition) is 3. The minimum Gasteiger partial charge on any atom is -0.493 e. The third kappa shape index (κ3) is 2.80. The normalized spacial score (nSPS) is 12.1. The molecule has 0 spiro atoms. The van der Waals surface area contributed by atoms with Crippen LogP contribution in [0.3, 0.4) is 0 Å². The first-order chi connectivity index (χ1) is 11.7. The van der Waals surface area contributed by atoms with Crippen molar-refractivity contribution >= 4 is 16.9 Å². The minimum atomic E-state index is -0.866. The van der Waals surface area contributed by atoms with Gasteiger partial charge in [0.15, 0.2) is 11.5 Å². The molecule has 0 amide bonds. The van der Waals surface area contributed by atoms with Gasteiger partial charge in [0.25, 0.3) is 0 Å². The zero-order valence-electron chi connectivity index (χ0n) is 13.6. The number of carboxylic acid groups (broad SMARTS) is 1. The third-order valence-corrected chi connectivity index (χ3v) is 4.18. The zero-order valence-corrected chi connectivity index (χ0v) is 13.6. The number of methoxy groups -OCH3 is 2. The monoisotopic (exact) mass is 325 g/mol. The SMILES string of the molecule is COc1cccc([C@H](CC(=O)O)c2c[nH]c3ccccc23)c1OC. The summed E-state index contributed by atoms with van der Waals surface area (Å²) in [5, 5.41) is 10.4. The molecule has 0 aliphatic carbocycles. The summed E-state index contributed by atoms with van der Waals surface area (Å²) in [6.07, 6.45) is 1.84. The Morgan fingerprint density at radius 1 is 1.08 bits per heavy atom. The highest BCUT2D eigenvalue weighted by atomic mass is 16.5. The topological polar surface area (TPSA) is 71.5 Å². The maximum absolute atomic E-state index is 11.5. The van der Waals surface area contributed by atoms with Crippen molar-refractivity contribution in [1.29, 1.82) is 0 Å². The molecule has 1 heterocycles. The summed E-state index contributed by atoms with van der Waals surface area (Å²) in [5.74, 6) is -0.0550. The first-order valence-electron chi connectivity index (χ1n) is 7.64. The second-order valence-electron chi connectivity index (χ2n) is 5.52. The molecule has 3 rings (SSSR count). The molecule has 5 nitrogen and oxygen atoms in total. The van der Waals surface area contributed by atoms with E-state index in [2.05, 4.69) is 4.98 Å². The summed E-state index contributed by atoms with van der Waals surface area (Å²) >= 11 is 0. The van der Waals surface area contributed by atoms with Crippen molar-refractivity contribution in [3.8, 4) is 11.5 Å². The maximum Gasteiger partial charge on any atom is 0.304 e. The van der Waals surface area contributed by atoms with Gasteiger partial charge < -0.3 is 19.6 Å². The van der Waals surface area contributed by atoms with Crippen LogP contribution in [0.15, 0.2) is 48.7 Å². The van der Waals surface area contributed by atoms with Crippen molar-refractivity contribution in [3.05, 3.63) is 59.8 Å². The van der Waals surface area contributed by atoms with Crippen molar-refractivity contribution in [2.45, 2.75) is 12.3 Å². The van der Waals surface area contributed by atoms with Crippen LogP contribution >= 0.6 is 0 Å². The number of benzene rings is 2. The van der Waals surface area contributed by atoms with Crippen LogP contribution in [0.4, 0.5) is 0 Å². The fourth-order valence-corrected chi connectivity index (χ4v) is 3.13. The van der Waals surface area contributed by atoms with Crippen LogP contribution in [0.1, 0.15) is 23.5 Å². The highest BCUT2D eigenvalue weighted by molar-refractivity contribution is 5.85. The van der Waals surface area contributed by atoms with Gasteiger partial charge in [-0.1, -0.05) is 30.3 Å². The lowest BCUT2D eigenvalue weighted by atomic mass is 9.87. The van der Waals surface area contributed by atoms with Gasteiger partial charge in [0.05, 0.1) is 20.6 Å². The number of aliphatic carboxylic acids is 1. The summed E-state index contributed by atoms with van der Waals surface area (Å²) in [7, 11) is 3.13. The first kappa shape index (κ1) is 15.9. The number of aromatic nitrogens is 1. The molecular weight excluding hydrogens is 306 g/mol. The molecule has 0 aliphatic rings. The summed E-state index contributed by atoms with van der Waals surface area (Å²) in [4.78, 5) is 14.7. The van der Waals surface area contributed by atoms with Gasteiger partial charge in [-0.05, 0) is 17.7 Å². The Kier molecular flexibility index (Phi) is 4.42. The number of ether oxygens (including phenoxy) is 2. The number of nitrogens with one attached hydrogen (secondary N) is 1. The number of carbonyl (C=O) groups is 1. The van der Waals surface area contributed by atoms with Gasteiger partial charge in [0.1, 0.15) is 0 Å². The molecule has 0 radical (unpaired) electrons. The van der Waals surface area contributed by atoms with Crippen LogP contribution in [0, 0.1) is 0 Å². The Bertz CT molecular complexity index is 869. The van der Waals surface area contributed by atoms with Crippen LogP contribution in [0.25, 0.3) is 10.9 Å². The van der Waals surface area contributed by atoms with Crippen LogP contribution < -0.4 is 9.47 Å². The van der Waals surface area contributed by atoms with Gasteiger partial charge in [0, 0.05) is 28.6 Å². The lowest BCUT2D eigenvalue weighted by molar-refractivity contribution is -0.137. The molecule has 0 saturated carbocycles. The molecule has 1 aromatic heterocycles. The fraction of sp³-hybridized carbons (Fsp3) is 0.211. The minimum absolute atomic E-state index is 0.0363. The standard InChI is InChI=1S/C19H19NO4/c1-23-17-9-5-7-13(19(17)24-2)14(10-18(21)22)15-11-20-16-8-4-3-6-12(15)16/h3-9,11,14,20H,10H2,1-2H3,(H,21,22)/t14-/m0/s1. The summed E-state index contributed by atoms with van der Waals surface area (Å²) in [6, 6.07) is 13.4. The molecule has 0 bridgehead atoms. The molecule has 5 heteroatoms. The van der Waals surface area contributed by atoms with E-state index in [1.165, 1.54) is 0 Å². The molecule has 124 valence electrons. The maximum atomic E-state index is 11.5. The van der Waals surface area contributed by atoms with Crippen molar-refractivity contribution in [2.75, 3.05) is 14.2 Å². The summed E-state index contributed by atoms with van der Waals surface area (Å²) in [6.45, 7) is 0. The molecule has 0 fully saturated rings. The van der Waals surface area contributed by atoms with Crippen molar-refractivity contribution in [2.24, 2.45) is 0 Å². The summed E-state index contributed by atoms with van der Waals surface area (Å²) in [5.41, 5.74) is 2.70. The molecule has 2 aromatic carbocycles. The highest BCUT2D eigenvalue weighted by Crippen LogP contribution is 2.41. The fourth-order valence-electron chi connectivity index (χ4n) is 3.13. The Morgan fingerprint density at radius 2 is 1.88 bits per heavy atom. The van der Waals surface area contributed by atoms with E-state index in [-0.39, 0.29) is 12.3 Å². The zero-order chi connectivity index (χ0) is 17.1. The van der Waals surface area contributed by atoms with E-state index in [1.54, 1.807) is 20.3 Å². The Balaban J connectivity index is 2.20. The number of hydrogen-bond donors (Lipinski definition) is 2. The second kappa shape index (κ2) is 6.66. The predicted octanol–water partition coefficient (Wildman–Crippen LogP) is 3.79.